The number of carbonyl (C=O) groups excluding carboxylic acids is 3. The standard InChI is InChI=1S/C22H27N5O3/c1-2-3-12-27-16-18(15-20(27)28)21(29)25-19-8-6-17(7-9-19)22(30)26(13-4-10-23)14-5-11-24/h6-9,18H,2-5,12-16H2,1H3,(H,25,29). The second-order valence-electron chi connectivity index (χ2n) is 7.27. The van der Waals surface area contributed by atoms with E-state index in [0.717, 1.165) is 12.8 Å². The van der Waals surface area contributed by atoms with Gasteiger partial charge in [-0.1, -0.05) is 13.3 Å². The van der Waals surface area contributed by atoms with Crippen molar-refractivity contribution in [1.82, 2.24) is 9.80 Å². The summed E-state index contributed by atoms with van der Waals surface area (Å²) >= 11 is 0. The van der Waals surface area contributed by atoms with Crippen molar-refractivity contribution in [1.29, 1.82) is 10.5 Å². The molecule has 30 heavy (non-hydrogen) atoms. The lowest BCUT2D eigenvalue weighted by Gasteiger charge is -2.20. The van der Waals surface area contributed by atoms with Crippen molar-refractivity contribution in [2.75, 3.05) is 31.5 Å². The monoisotopic (exact) mass is 409 g/mol. The molecular formula is C22H27N5O3. The molecule has 2 rings (SSSR count). The normalized spacial score (nSPS) is 15.4. The first-order valence-electron chi connectivity index (χ1n) is 10.2. The number of hydrogen-bond donors (Lipinski definition) is 1. The topological polar surface area (TPSA) is 117 Å². The Kier molecular flexibility index (Phi) is 8.83. The minimum atomic E-state index is -0.372. The molecule has 0 aromatic heterocycles. The van der Waals surface area contributed by atoms with Crippen molar-refractivity contribution >= 4 is 23.4 Å². The van der Waals surface area contributed by atoms with Crippen LogP contribution in [0.2, 0.25) is 0 Å². The summed E-state index contributed by atoms with van der Waals surface area (Å²) in [5, 5.41) is 20.3. The molecule has 8 heteroatoms. The average molecular weight is 409 g/mol. The molecule has 1 unspecified atom stereocenters. The maximum Gasteiger partial charge on any atom is 0.253 e. The van der Waals surface area contributed by atoms with Crippen LogP contribution >= 0.6 is 0 Å². The van der Waals surface area contributed by atoms with Crippen LogP contribution < -0.4 is 5.32 Å². The second kappa shape index (κ2) is 11.6. The molecule has 1 aliphatic heterocycles. The van der Waals surface area contributed by atoms with Crippen LogP contribution in [0.15, 0.2) is 24.3 Å². The summed E-state index contributed by atoms with van der Waals surface area (Å²) in [6, 6.07) is 10.5. The number of carbonyl (C=O) groups is 3. The lowest BCUT2D eigenvalue weighted by Crippen LogP contribution is -2.32. The Morgan fingerprint density at radius 2 is 1.80 bits per heavy atom. The van der Waals surface area contributed by atoms with Crippen molar-refractivity contribution in [2.24, 2.45) is 5.92 Å². The Bertz CT molecular complexity index is 820. The van der Waals surface area contributed by atoms with Crippen molar-refractivity contribution in [3.8, 4) is 12.1 Å². The zero-order chi connectivity index (χ0) is 21.9. The molecule has 1 heterocycles. The van der Waals surface area contributed by atoms with Crippen LogP contribution in [-0.4, -0.2) is 53.7 Å². The lowest BCUT2D eigenvalue weighted by atomic mass is 10.1. The highest BCUT2D eigenvalue weighted by molar-refractivity contribution is 5.98. The first-order valence-corrected chi connectivity index (χ1v) is 10.2. The number of nitriles is 2. The summed E-state index contributed by atoms with van der Waals surface area (Å²) in [5.41, 5.74) is 0.974. The molecule has 1 N–H and O–H groups in total. The number of anilines is 1. The number of hydrogen-bond acceptors (Lipinski definition) is 5. The van der Waals surface area contributed by atoms with E-state index in [4.69, 9.17) is 10.5 Å². The third-order valence-electron chi connectivity index (χ3n) is 5.04. The Morgan fingerprint density at radius 3 is 2.37 bits per heavy atom. The van der Waals surface area contributed by atoms with E-state index in [9.17, 15) is 14.4 Å². The van der Waals surface area contributed by atoms with E-state index < -0.39 is 0 Å². The van der Waals surface area contributed by atoms with Crippen molar-refractivity contribution in [3.63, 3.8) is 0 Å². The fraction of sp³-hybridized carbons (Fsp3) is 0.500. The van der Waals surface area contributed by atoms with E-state index in [2.05, 4.69) is 12.2 Å². The Labute approximate surface area is 177 Å². The van der Waals surface area contributed by atoms with Gasteiger partial charge in [-0.2, -0.15) is 10.5 Å². The third kappa shape index (κ3) is 6.31. The Balaban J connectivity index is 1.96. The smallest absolute Gasteiger partial charge is 0.253 e. The Hall–Kier alpha value is -3.39. The number of nitrogens with one attached hydrogen (secondary N) is 1. The maximum atomic E-state index is 12.6. The van der Waals surface area contributed by atoms with E-state index in [1.54, 1.807) is 29.2 Å². The molecule has 0 saturated carbocycles. The van der Waals surface area contributed by atoms with Crippen LogP contribution in [0.1, 0.15) is 49.4 Å². The number of likely N-dealkylation sites (tertiary alicyclic amines) is 1. The molecule has 1 atom stereocenters. The summed E-state index contributed by atoms with van der Waals surface area (Å²) in [5.74, 6) is -0.820. The predicted octanol–water partition coefficient (Wildman–Crippen LogP) is 2.54. The van der Waals surface area contributed by atoms with E-state index in [1.807, 2.05) is 12.1 Å². The molecule has 1 aromatic carbocycles. The fourth-order valence-corrected chi connectivity index (χ4v) is 3.32. The first kappa shape index (κ1) is 22.9. The van der Waals surface area contributed by atoms with E-state index in [0.29, 0.717) is 24.3 Å². The van der Waals surface area contributed by atoms with Gasteiger partial charge in [0, 0.05) is 43.9 Å². The molecule has 0 aliphatic carbocycles. The summed E-state index contributed by atoms with van der Waals surface area (Å²) in [7, 11) is 0. The largest absolute Gasteiger partial charge is 0.342 e. The molecule has 8 nitrogen and oxygen atoms in total. The molecule has 0 radical (unpaired) electrons. The predicted molar refractivity (Wildman–Crippen MR) is 111 cm³/mol. The number of benzene rings is 1. The van der Waals surface area contributed by atoms with Crippen molar-refractivity contribution in [3.05, 3.63) is 29.8 Å². The Morgan fingerprint density at radius 1 is 1.17 bits per heavy atom. The summed E-state index contributed by atoms with van der Waals surface area (Å²) in [6.07, 6.45) is 2.53. The van der Waals surface area contributed by atoms with Gasteiger partial charge in [0.1, 0.15) is 0 Å². The average Bonchev–Trinajstić information content (AvgIpc) is 3.13. The molecule has 158 valence electrons. The summed E-state index contributed by atoms with van der Waals surface area (Å²) in [6.45, 7) is 3.71. The highest BCUT2D eigenvalue weighted by atomic mass is 16.2. The van der Waals surface area contributed by atoms with Gasteiger partial charge in [-0.25, -0.2) is 0 Å². The minimum absolute atomic E-state index is 0.0133. The van der Waals surface area contributed by atoms with Crippen LogP contribution in [0, 0.1) is 28.6 Å². The van der Waals surface area contributed by atoms with Gasteiger partial charge < -0.3 is 15.1 Å². The molecule has 1 aromatic rings. The van der Waals surface area contributed by atoms with Gasteiger partial charge in [0.25, 0.3) is 5.91 Å². The number of amides is 3. The van der Waals surface area contributed by atoms with Gasteiger partial charge in [0.05, 0.1) is 30.9 Å². The molecular weight excluding hydrogens is 382 g/mol. The summed E-state index contributed by atoms with van der Waals surface area (Å²) < 4.78 is 0. The van der Waals surface area contributed by atoms with Crippen molar-refractivity contribution < 1.29 is 14.4 Å². The first-order chi connectivity index (χ1) is 14.5. The van der Waals surface area contributed by atoms with Gasteiger partial charge in [-0.3, -0.25) is 14.4 Å². The zero-order valence-corrected chi connectivity index (χ0v) is 17.3. The highest BCUT2D eigenvalue weighted by Crippen LogP contribution is 2.21. The van der Waals surface area contributed by atoms with Crippen LogP contribution in [0.25, 0.3) is 0 Å². The van der Waals surface area contributed by atoms with Crippen LogP contribution in [0.3, 0.4) is 0 Å². The zero-order valence-electron chi connectivity index (χ0n) is 17.3. The van der Waals surface area contributed by atoms with E-state index in [1.165, 1.54) is 4.90 Å². The number of rotatable bonds is 10. The van der Waals surface area contributed by atoms with Gasteiger partial charge in [-0.15, -0.1) is 0 Å². The third-order valence-corrected chi connectivity index (χ3v) is 5.04. The van der Waals surface area contributed by atoms with Crippen LogP contribution in [0.4, 0.5) is 5.69 Å². The van der Waals surface area contributed by atoms with Gasteiger partial charge in [0.15, 0.2) is 0 Å². The van der Waals surface area contributed by atoms with Crippen molar-refractivity contribution in [2.45, 2.75) is 39.0 Å². The second-order valence-corrected chi connectivity index (χ2v) is 7.27. The summed E-state index contributed by atoms with van der Waals surface area (Å²) in [4.78, 5) is 40.4. The highest BCUT2D eigenvalue weighted by Gasteiger charge is 2.33. The molecule has 3 amide bonds. The van der Waals surface area contributed by atoms with Crippen LogP contribution in [0.5, 0.6) is 0 Å². The lowest BCUT2D eigenvalue weighted by molar-refractivity contribution is -0.128. The van der Waals surface area contributed by atoms with Gasteiger partial charge >= 0.3 is 0 Å². The minimum Gasteiger partial charge on any atom is -0.342 e. The number of nitrogens with zero attached hydrogens (tertiary/aromatic N) is 4. The molecule has 0 spiro atoms. The SMILES string of the molecule is CCCCN1CC(C(=O)Nc2ccc(C(=O)N(CCC#N)CCC#N)cc2)CC1=O. The van der Waals surface area contributed by atoms with E-state index in [-0.39, 0.29) is 56.0 Å². The maximum absolute atomic E-state index is 12.6. The van der Waals surface area contributed by atoms with Gasteiger partial charge in [-0.05, 0) is 30.7 Å². The molecule has 1 aliphatic rings. The fourth-order valence-electron chi connectivity index (χ4n) is 3.32. The molecule has 1 saturated heterocycles. The molecule has 1 fully saturated rings. The van der Waals surface area contributed by atoms with Gasteiger partial charge in [0.2, 0.25) is 11.8 Å². The number of unbranched alkanes of at least 4 members (excludes halogenated alkanes) is 1. The van der Waals surface area contributed by atoms with Crippen LogP contribution in [-0.2, 0) is 9.59 Å². The quantitative estimate of drug-likeness (QED) is 0.637. The van der Waals surface area contributed by atoms with E-state index >= 15 is 0 Å². The molecule has 0 bridgehead atoms.